The Bertz CT molecular complexity index is 1700. The maximum Gasteiger partial charge on any atom is 0.264 e. The fraction of sp³-hybridized carbons (Fsp3) is 0.257. The minimum Gasteiger partial charge on any atom is -0.492 e. The molecule has 0 saturated carbocycles. The van der Waals surface area contributed by atoms with Crippen molar-refractivity contribution in [2.24, 2.45) is 0 Å². The summed E-state index contributed by atoms with van der Waals surface area (Å²) >= 11 is 7.64. The lowest BCUT2D eigenvalue weighted by molar-refractivity contribution is -0.140. The van der Waals surface area contributed by atoms with E-state index >= 15 is 0 Å². The highest BCUT2D eigenvalue weighted by Gasteiger charge is 2.35. The van der Waals surface area contributed by atoms with E-state index in [9.17, 15) is 18.0 Å². The van der Waals surface area contributed by atoms with Crippen molar-refractivity contribution in [1.29, 1.82) is 0 Å². The first-order chi connectivity index (χ1) is 22.2. The number of hydrogen-bond donors (Lipinski definition) is 1. The van der Waals surface area contributed by atoms with Crippen molar-refractivity contribution in [3.05, 3.63) is 119 Å². The summed E-state index contributed by atoms with van der Waals surface area (Å²) < 4.78 is 35.6. The van der Waals surface area contributed by atoms with Crippen LogP contribution in [0.1, 0.15) is 25.0 Å². The second-order valence-electron chi connectivity index (χ2n) is 10.3. The number of likely N-dealkylation sites (N-methyl/N-ethyl adjacent to an activating group) is 1. The van der Waals surface area contributed by atoms with Crippen molar-refractivity contribution in [1.82, 2.24) is 10.2 Å². The Kier molecular flexibility index (Phi) is 12.5. The number of ether oxygens (including phenoxy) is 1. The van der Waals surface area contributed by atoms with E-state index in [1.165, 1.54) is 28.8 Å². The average Bonchev–Trinajstić information content (AvgIpc) is 3.07. The number of para-hydroxylation sites is 2. The molecule has 0 saturated heterocycles. The van der Waals surface area contributed by atoms with Gasteiger partial charge in [-0.25, -0.2) is 8.42 Å². The number of anilines is 1. The van der Waals surface area contributed by atoms with Crippen molar-refractivity contribution < 1.29 is 22.7 Å². The summed E-state index contributed by atoms with van der Waals surface area (Å²) in [5, 5.41) is 3.40. The first-order valence-corrected chi connectivity index (χ1v) is 18.0. The number of hydrogen-bond acceptors (Lipinski definition) is 6. The van der Waals surface area contributed by atoms with Crippen LogP contribution in [-0.4, -0.2) is 57.1 Å². The summed E-state index contributed by atoms with van der Waals surface area (Å²) in [4.78, 5) is 30.6. The number of amides is 2. The number of carbonyl (C=O) groups excluding carboxylic acids is 2. The molecule has 0 heterocycles. The fourth-order valence-corrected chi connectivity index (χ4v) is 6.92. The van der Waals surface area contributed by atoms with Crippen molar-refractivity contribution in [3.8, 4) is 5.75 Å². The molecule has 4 aromatic rings. The number of rotatable bonds is 15. The van der Waals surface area contributed by atoms with E-state index < -0.39 is 28.5 Å². The number of halogens is 1. The summed E-state index contributed by atoms with van der Waals surface area (Å²) in [5.41, 5.74) is 1.81. The molecule has 4 rings (SSSR count). The molecule has 1 atom stereocenters. The maximum atomic E-state index is 14.6. The highest BCUT2D eigenvalue weighted by molar-refractivity contribution is 7.98. The van der Waals surface area contributed by atoms with Crippen LogP contribution in [0.4, 0.5) is 5.69 Å². The van der Waals surface area contributed by atoms with E-state index in [4.69, 9.17) is 16.3 Å². The lowest BCUT2D eigenvalue weighted by atomic mass is 10.0. The number of benzene rings is 4. The molecule has 0 bridgehead atoms. The molecule has 0 aliphatic heterocycles. The van der Waals surface area contributed by atoms with Gasteiger partial charge in [-0.05, 0) is 79.8 Å². The molecular formula is C35H38ClN3O5S2. The number of nitrogens with one attached hydrogen (secondary N) is 1. The van der Waals surface area contributed by atoms with Crippen LogP contribution < -0.4 is 14.4 Å². The molecular weight excluding hydrogens is 642 g/mol. The van der Waals surface area contributed by atoms with E-state index in [1.807, 2.05) is 43.5 Å². The van der Waals surface area contributed by atoms with Gasteiger partial charge in [0.2, 0.25) is 11.8 Å². The van der Waals surface area contributed by atoms with Crippen LogP contribution in [0.15, 0.2) is 113 Å². The summed E-state index contributed by atoms with van der Waals surface area (Å²) in [7, 11) is -4.26. The third kappa shape index (κ3) is 8.84. The zero-order chi connectivity index (χ0) is 33.1. The molecule has 0 unspecified atom stereocenters. The number of thioether (sulfide) groups is 1. The molecule has 11 heteroatoms. The van der Waals surface area contributed by atoms with E-state index in [1.54, 1.807) is 67.6 Å². The predicted molar refractivity (Wildman–Crippen MR) is 185 cm³/mol. The van der Waals surface area contributed by atoms with E-state index in [0.717, 1.165) is 20.3 Å². The summed E-state index contributed by atoms with van der Waals surface area (Å²) in [5.74, 6) is -0.584. The lowest BCUT2D eigenvalue weighted by Gasteiger charge is -2.34. The molecule has 4 aromatic carbocycles. The third-order valence-corrected chi connectivity index (χ3v) is 10.0. The summed E-state index contributed by atoms with van der Waals surface area (Å²) in [6, 6.07) is 28.7. The lowest BCUT2D eigenvalue weighted by Crippen LogP contribution is -2.53. The monoisotopic (exact) mass is 679 g/mol. The zero-order valence-corrected chi connectivity index (χ0v) is 28.4. The minimum atomic E-state index is -4.26. The van der Waals surface area contributed by atoms with Crippen LogP contribution in [0.3, 0.4) is 0 Å². The van der Waals surface area contributed by atoms with Crippen LogP contribution in [0.5, 0.6) is 5.75 Å². The molecule has 242 valence electrons. The Hall–Kier alpha value is -3.99. The largest absolute Gasteiger partial charge is 0.492 e. The molecule has 46 heavy (non-hydrogen) atoms. The Morgan fingerprint density at radius 2 is 1.52 bits per heavy atom. The van der Waals surface area contributed by atoms with Crippen molar-refractivity contribution in [3.63, 3.8) is 0 Å². The quantitative estimate of drug-likeness (QED) is 0.146. The van der Waals surface area contributed by atoms with E-state index in [0.29, 0.717) is 23.9 Å². The second kappa shape index (κ2) is 16.5. The first kappa shape index (κ1) is 34.9. The number of nitrogens with zero attached hydrogens (tertiary/aromatic N) is 2. The van der Waals surface area contributed by atoms with Gasteiger partial charge in [-0.15, -0.1) is 11.8 Å². The normalized spacial score (nSPS) is 11.8. The SMILES string of the molecule is CCNC(=O)[C@H](Cc1ccccc1)N(Cc1ccc(Cl)cc1)C(=O)CN(c1ccccc1OCC)S(=O)(=O)c1ccc(SC)cc1. The highest BCUT2D eigenvalue weighted by Crippen LogP contribution is 2.33. The van der Waals surface area contributed by atoms with Crippen molar-refractivity contribution in [2.45, 2.75) is 42.6 Å². The topological polar surface area (TPSA) is 96.0 Å². The molecule has 0 aliphatic carbocycles. The minimum absolute atomic E-state index is 0.0261. The highest BCUT2D eigenvalue weighted by atomic mass is 35.5. The molecule has 0 aromatic heterocycles. The van der Waals surface area contributed by atoms with Gasteiger partial charge in [0.15, 0.2) is 0 Å². The van der Waals surface area contributed by atoms with Gasteiger partial charge in [0.1, 0.15) is 18.3 Å². The molecule has 1 N–H and O–H groups in total. The van der Waals surface area contributed by atoms with E-state index in [-0.39, 0.29) is 29.5 Å². The third-order valence-electron chi connectivity index (χ3n) is 7.25. The smallest absolute Gasteiger partial charge is 0.264 e. The van der Waals surface area contributed by atoms with Crippen LogP contribution in [0, 0.1) is 0 Å². The number of carbonyl (C=O) groups is 2. The first-order valence-electron chi connectivity index (χ1n) is 14.9. The second-order valence-corrected chi connectivity index (χ2v) is 13.5. The Morgan fingerprint density at radius 1 is 0.870 bits per heavy atom. The Morgan fingerprint density at radius 3 is 2.15 bits per heavy atom. The standard InChI is InChI=1S/C35H38ClN3O5S2/c1-4-37-35(41)32(23-26-11-7-6-8-12-26)38(24-27-15-17-28(36)18-16-27)34(40)25-39(31-13-9-10-14-33(31)44-5-2)46(42,43)30-21-19-29(45-3)20-22-30/h6-22,32H,4-5,23-25H2,1-3H3,(H,37,41)/t32-/m0/s1. The van der Waals surface area contributed by atoms with Crippen LogP contribution >= 0.6 is 23.4 Å². The Labute approximate surface area is 280 Å². The molecule has 8 nitrogen and oxygen atoms in total. The Balaban J connectivity index is 1.82. The fourth-order valence-electron chi connectivity index (χ4n) is 4.96. The van der Waals surface area contributed by atoms with Gasteiger partial charge in [-0.3, -0.25) is 13.9 Å². The summed E-state index contributed by atoms with van der Waals surface area (Å²) in [6.07, 6.45) is 2.13. The average molecular weight is 680 g/mol. The number of sulfonamides is 1. The molecule has 0 aliphatic rings. The van der Waals surface area contributed by atoms with E-state index in [2.05, 4.69) is 5.32 Å². The van der Waals surface area contributed by atoms with Crippen LogP contribution in [-0.2, 0) is 32.6 Å². The van der Waals surface area contributed by atoms with Gasteiger partial charge in [0.25, 0.3) is 10.0 Å². The van der Waals surface area contributed by atoms with Crippen molar-refractivity contribution >= 4 is 50.9 Å². The summed E-state index contributed by atoms with van der Waals surface area (Å²) in [6.45, 7) is 3.74. The van der Waals surface area contributed by atoms with Gasteiger partial charge in [0, 0.05) is 29.4 Å². The molecule has 0 spiro atoms. The van der Waals surface area contributed by atoms with Gasteiger partial charge in [-0.1, -0.05) is 66.2 Å². The van der Waals surface area contributed by atoms with Gasteiger partial charge >= 0.3 is 0 Å². The molecule has 2 amide bonds. The molecule has 0 fully saturated rings. The zero-order valence-electron chi connectivity index (χ0n) is 26.1. The van der Waals surface area contributed by atoms with Gasteiger partial charge in [0.05, 0.1) is 17.2 Å². The van der Waals surface area contributed by atoms with Crippen LogP contribution in [0.25, 0.3) is 0 Å². The van der Waals surface area contributed by atoms with Crippen LogP contribution in [0.2, 0.25) is 5.02 Å². The van der Waals surface area contributed by atoms with Crippen molar-refractivity contribution in [2.75, 3.05) is 30.3 Å². The molecule has 0 radical (unpaired) electrons. The maximum absolute atomic E-state index is 14.6. The predicted octanol–water partition coefficient (Wildman–Crippen LogP) is 6.43. The van der Waals surface area contributed by atoms with Gasteiger partial charge < -0.3 is 15.0 Å². The van der Waals surface area contributed by atoms with Gasteiger partial charge in [-0.2, -0.15) is 0 Å².